The Morgan fingerprint density at radius 1 is 0.962 bits per heavy atom. The number of halogens is 1. The lowest BCUT2D eigenvalue weighted by molar-refractivity contribution is 0.477. The van der Waals surface area contributed by atoms with Gasteiger partial charge in [-0.3, -0.25) is 5.10 Å². The predicted molar refractivity (Wildman–Crippen MR) is 107 cm³/mol. The molecule has 3 aromatic heterocycles. The van der Waals surface area contributed by atoms with E-state index in [4.69, 9.17) is 16.6 Å². The Balaban J connectivity index is 1.61. The van der Waals surface area contributed by atoms with Gasteiger partial charge in [0.15, 0.2) is 0 Å². The van der Waals surface area contributed by atoms with Gasteiger partial charge in [0.25, 0.3) is 0 Å². The van der Waals surface area contributed by atoms with Gasteiger partial charge < -0.3 is 5.11 Å². The third-order valence-corrected chi connectivity index (χ3v) is 5.60. The van der Waals surface area contributed by atoms with Crippen molar-refractivity contribution in [2.24, 2.45) is 0 Å². The highest BCUT2D eigenvalue weighted by atomic mass is 35.5. The van der Waals surface area contributed by atoms with Crippen LogP contribution in [0, 0.1) is 0 Å². The van der Waals surface area contributed by atoms with E-state index in [2.05, 4.69) is 28.4 Å². The van der Waals surface area contributed by atoms with Crippen molar-refractivity contribution in [3.8, 4) is 27.6 Å². The maximum Gasteiger partial charge on any atom is 0.125 e. The molecule has 0 bridgehead atoms. The normalized spacial score (nSPS) is 11.4. The minimum atomic E-state index is 0.150. The number of hydrogen-bond acceptors (Lipinski definition) is 4. The van der Waals surface area contributed by atoms with E-state index in [1.54, 1.807) is 29.5 Å². The number of para-hydroxylation sites is 1. The first-order chi connectivity index (χ1) is 12.7. The number of hydrogen-bond donors (Lipinski definition) is 2. The van der Waals surface area contributed by atoms with Crippen LogP contribution in [0.2, 0.25) is 5.02 Å². The summed E-state index contributed by atoms with van der Waals surface area (Å²) in [5.41, 5.74) is 3.12. The number of aromatic nitrogens is 3. The number of phenols is 1. The van der Waals surface area contributed by atoms with Gasteiger partial charge in [0.2, 0.25) is 0 Å². The molecule has 4 nitrogen and oxygen atoms in total. The molecule has 0 amide bonds. The van der Waals surface area contributed by atoms with Crippen molar-refractivity contribution in [3.05, 3.63) is 65.7 Å². The second kappa shape index (κ2) is 5.83. The molecule has 2 aromatic carbocycles. The fraction of sp³-hybridized carbons (Fsp3) is 0. The summed E-state index contributed by atoms with van der Waals surface area (Å²) in [5.74, 6) is 0.150. The van der Waals surface area contributed by atoms with Gasteiger partial charge in [0.05, 0.1) is 21.8 Å². The van der Waals surface area contributed by atoms with Crippen molar-refractivity contribution in [1.29, 1.82) is 0 Å². The van der Waals surface area contributed by atoms with E-state index in [1.165, 1.54) is 0 Å². The van der Waals surface area contributed by atoms with Crippen LogP contribution in [0.25, 0.3) is 42.9 Å². The number of rotatable bonds is 2. The van der Waals surface area contributed by atoms with Gasteiger partial charge in [0.1, 0.15) is 10.6 Å². The second-order valence-corrected chi connectivity index (χ2v) is 7.48. The monoisotopic (exact) mass is 377 g/mol. The van der Waals surface area contributed by atoms with E-state index in [-0.39, 0.29) is 5.75 Å². The SMILES string of the molecule is Oc1ccc(Cl)cc1-c1cc(-c2cc3cc4ccccc4nc3s2)[nH]n1. The number of pyridine rings is 1. The van der Waals surface area contributed by atoms with Crippen LogP contribution in [0.4, 0.5) is 0 Å². The summed E-state index contributed by atoms with van der Waals surface area (Å²) >= 11 is 7.65. The summed E-state index contributed by atoms with van der Waals surface area (Å²) in [4.78, 5) is 6.77. The molecule has 5 rings (SSSR count). The number of nitrogens with one attached hydrogen (secondary N) is 1. The molecular formula is C20H12ClN3OS. The van der Waals surface area contributed by atoms with Crippen molar-refractivity contribution >= 4 is 44.1 Å². The molecule has 26 heavy (non-hydrogen) atoms. The number of nitrogens with zero attached hydrogens (tertiary/aromatic N) is 2. The zero-order valence-corrected chi connectivity index (χ0v) is 15.0. The topological polar surface area (TPSA) is 61.8 Å². The van der Waals surface area contributed by atoms with Gasteiger partial charge in [-0.15, -0.1) is 11.3 Å². The van der Waals surface area contributed by atoms with Crippen LogP contribution < -0.4 is 0 Å². The quantitative estimate of drug-likeness (QED) is 0.404. The molecule has 0 aliphatic heterocycles. The molecule has 0 aliphatic carbocycles. The first-order valence-corrected chi connectivity index (χ1v) is 9.21. The molecule has 2 N–H and O–H groups in total. The molecule has 0 spiro atoms. The van der Waals surface area contributed by atoms with E-state index in [9.17, 15) is 5.11 Å². The Morgan fingerprint density at radius 3 is 2.77 bits per heavy atom. The summed E-state index contributed by atoms with van der Waals surface area (Å²) in [5, 5.41) is 20.2. The fourth-order valence-corrected chi connectivity index (χ4v) is 4.17. The Kier molecular flexibility index (Phi) is 3.45. The van der Waals surface area contributed by atoms with Gasteiger partial charge in [-0.05, 0) is 42.5 Å². The van der Waals surface area contributed by atoms with Crippen molar-refractivity contribution in [3.63, 3.8) is 0 Å². The summed E-state index contributed by atoms with van der Waals surface area (Å²) in [7, 11) is 0. The Labute approximate surface area is 157 Å². The third-order valence-electron chi connectivity index (χ3n) is 4.29. The number of fused-ring (bicyclic) bond motifs is 2. The zero-order chi connectivity index (χ0) is 17.7. The minimum Gasteiger partial charge on any atom is -0.507 e. The molecule has 0 aliphatic rings. The van der Waals surface area contributed by atoms with Crippen LogP contribution in [-0.2, 0) is 0 Å². The smallest absolute Gasteiger partial charge is 0.125 e. The van der Waals surface area contributed by atoms with Crippen molar-refractivity contribution in [2.45, 2.75) is 0 Å². The molecule has 0 saturated heterocycles. The number of thiophene rings is 1. The van der Waals surface area contributed by atoms with E-state index >= 15 is 0 Å². The third kappa shape index (κ3) is 2.53. The lowest BCUT2D eigenvalue weighted by Crippen LogP contribution is -1.79. The number of aromatic hydroxyl groups is 1. The highest BCUT2D eigenvalue weighted by Gasteiger charge is 2.13. The highest BCUT2D eigenvalue weighted by molar-refractivity contribution is 7.21. The molecule has 0 unspecified atom stereocenters. The number of aromatic amines is 1. The van der Waals surface area contributed by atoms with Crippen LogP contribution in [0.5, 0.6) is 5.75 Å². The average Bonchev–Trinajstić information content (AvgIpc) is 3.28. The van der Waals surface area contributed by atoms with Crippen LogP contribution in [0.1, 0.15) is 0 Å². The van der Waals surface area contributed by atoms with Crippen LogP contribution in [-0.4, -0.2) is 20.3 Å². The molecule has 0 radical (unpaired) electrons. The first kappa shape index (κ1) is 15.4. The van der Waals surface area contributed by atoms with E-state index in [1.807, 2.05) is 24.3 Å². The lowest BCUT2D eigenvalue weighted by atomic mass is 10.1. The predicted octanol–water partition coefficient (Wildman–Crippen LogP) is 5.87. The second-order valence-electron chi connectivity index (χ2n) is 6.01. The molecule has 0 saturated carbocycles. The summed E-state index contributed by atoms with van der Waals surface area (Å²) < 4.78 is 0. The van der Waals surface area contributed by atoms with Crippen molar-refractivity contribution in [1.82, 2.24) is 15.2 Å². The van der Waals surface area contributed by atoms with E-state index in [0.29, 0.717) is 16.3 Å². The molecule has 126 valence electrons. The molecule has 0 atom stereocenters. The zero-order valence-electron chi connectivity index (χ0n) is 13.4. The molecular weight excluding hydrogens is 366 g/mol. The number of H-pyrrole nitrogens is 1. The van der Waals surface area contributed by atoms with Crippen LogP contribution >= 0.6 is 22.9 Å². The summed E-state index contributed by atoms with van der Waals surface area (Å²) in [6, 6.07) is 19.2. The van der Waals surface area contributed by atoms with Crippen LogP contribution in [0.3, 0.4) is 0 Å². The Bertz CT molecular complexity index is 1220. The largest absolute Gasteiger partial charge is 0.507 e. The molecule has 3 heterocycles. The van der Waals surface area contributed by atoms with Gasteiger partial charge in [-0.1, -0.05) is 29.8 Å². The van der Waals surface area contributed by atoms with Crippen molar-refractivity contribution < 1.29 is 5.11 Å². The number of phenolic OH excluding ortho intramolecular Hbond substituents is 1. The Hall–Kier alpha value is -2.89. The maximum absolute atomic E-state index is 10.1. The molecule has 0 fully saturated rings. The van der Waals surface area contributed by atoms with Gasteiger partial charge >= 0.3 is 0 Å². The molecule has 5 aromatic rings. The van der Waals surface area contributed by atoms with Crippen molar-refractivity contribution in [2.75, 3.05) is 0 Å². The lowest BCUT2D eigenvalue weighted by Gasteiger charge is -2.00. The van der Waals surface area contributed by atoms with Crippen LogP contribution in [0.15, 0.2) is 60.7 Å². The van der Waals surface area contributed by atoms with Gasteiger partial charge in [-0.2, -0.15) is 5.10 Å². The average molecular weight is 378 g/mol. The number of benzene rings is 2. The molecule has 6 heteroatoms. The minimum absolute atomic E-state index is 0.150. The summed E-state index contributed by atoms with van der Waals surface area (Å²) in [6.45, 7) is 0. The van der Waals surface area contributed by atoms with E-state index in [0.717, 1.165) is 31.7 Å². The van der Waals surface area contributed by atoms with E-state index < -0.39 is 0 Å². The first-order valence-electron chi connectivity index (χ1n) is 8.01. The fourth-order valence-electron chi connectivity index (χ4n) is 3.01. The summed E-state index contributed by atoms with van der Waals surface area (Å²) in [6.07, 6.45) is 0. The van der Waals surface area contributed by atoms with Gasteiger partial charge in [0, 0.05) is 21.4 Å². The Morgan fingerprint density at radius 2 is 1.85 bits per heavy atom. The maximum atomic E-state index is 10.1. The standard InChI is InChI=1S/C20H12ClN3OS/c21-13-5-6-18(25)14(9-13)16-10-17(24-23-16)19-8-12-7-11-3-1-2-4-15(11)22-20(12)26-19/h1-10,25H,(H,23,24). The highest BCUT2D eigenvalue weighted by Crippen LogP contribution is 2.36. The van der Waals surface area contributed by atoms with Gasteiger partial charge in [-0.25, -0.2) is 4.98 Å².